The topological polar surface area (TPSA) is 82.2 Å². The second-order valence-corrected chi connectivity index (χ2v) is 5.49. The number of nitrogens with one attached hydrogen (secondary N) is 1. The zero-order chi connectivity index (χ0) is 17.1. The molecule has 0 atom stereocenters. The molecule has 24 heavy (non-hydrogen) atoms. The summed E-state index contributed by atoms with van der Waals surface area (Å²) in [5, 5.41) is 7.06. The third-order valence-electron chi connectivity index (χ3n) is 3.82. The first kappa shape index (κ1) is 16.0. The molecule has 0 aliphatic carbocycles. The highest BCUT2D eigenvalue weighted by molar-refractivity contribution is 5.94. The summed E-state index contributed by atoms with van der Waals surface area (Å²) >= 11 is 0. The summed E-state index contributed by atoms with van der Waals surface area (Å²) in [6.45, 7) is 4.98. The molecule has 7 nitrogen and oxygen atoms in total. The molecule has 0 fully saturated rings. The largest absolute Gasteiger partial charge is 0.497 e. The summed E-state index contributed by atoms with van der Waals surface area (Å²) in [5.41, 5.74) is 2.79. The minimum Gasteiger partial charge on any atom is -0.497 e. The fourth-order valence-corrected chi connectivity index (χ4v) is 2.52. The van der Waals surface area contributed by atoms with E-state index in [4.69, 9.17) is 9.15 Å². The van der Waals surface area contributed by atoms with Gasteiger partial charge in [0.2, 0.25) is 5.89 Å². The number of aromatic nitrogens is 3. The van der Waals surface area contributed by atoms with Gasteiger partial charge in [-0.25, -0.2) is 4.98 Å². The number of hydrogen-bond donors (Lipinski definition) is 1. The van der Waals surface area contributed by atoms with E-state index in [0.29, 0.717) is 28.3 Å². The van der Waals surface area contributed by atoms with E-state index in [1.54, 1.807) is 31.5 Å². The van der Waals surface area contributed by atoms with E-state index in [2.05, 4.69) is 22.3 Å². The van der Waals surface area contributed by atoms with Crippen molar-refractivity contribution in [1.29, 1.82) is 0 Å². The van der Waals surface area contributed by atoms with Gasteiger partial charge in [0.05, 0.1) is 25.4 Å². The second-order valence-electron chi connectivity index (χ2n) is 5.49. The molecule has 0 saturated heterocycles. The number of oxazole rings is 1. The summed E-state index contributed by atoms with van der Waals surface area (Å²) in [6, 6.07) is 5.40. The van der Waals surface area contributed by atoms with Crippen molar-refractivity contribution in [2.45, 2.75) is 33.4 Å². The molecule has 2 heterocycles. The third kappa shape index (κ3) is 3.10. The van der Waals surface area contributed by atoms with E-state index in [0.717, 1.165) is 18.7 Å². The molecule has 0 spiro atoms. The number of ether oxygens (including phenoxy) is 1. The first-order valence-corrected chi connectivity index (χ1v) is 7.86. The normalized spacial score (nSPS) is 11.0. The number of carbonyl (C=O) groups excluding carboxylic acids is 1. The second kappa shape index (κ2) is 6.74. The Balaban J connectivity index is 1.70. The number of nitrogens with zero attached hydrogens (tertiary/aromatic N) is 3. The van der Waals surface area contributed by atoms with Crippen LogP contribution in [0.25, 0.3) is 11.1 Å². The molecule has 1 amide bonds. The zero-order valence-corrected chi connectivity index (χ0v) is 14.0. The zero-order valence-electron chi connectivity index (χ0n) is 14.0. The van der Waals surface area contributed by atoms with Crippen LogP contribution in [0, 0.1) is 6.92 Å². The molecule has 1 N–H and O–H groups in total. The fraction of sp³-hybridized carbons (Fsp3) is 0.353. The van der Waals surface area contributed by atoms with Gasteiger partial charge in [-0.15, -0.1) is 0 Å². The standard InChI is InChI=1S/C17H20N4O3/c1-4-7-21-11(2)13(9-19-21)17(22)18-10-16-20-14-8-12(23-3)5-6-15(14)24-16/h5-6,8-9H,4,7,10H2,1-3H3,(H,18,22). The molecule has 126 valence electrons. The Hall–Kier alpha value is -2.83. The average molecular weight is 328 g/mol. The summed E-state index contributed by atoms with van der Waals surface area (Å²) in [7, 11) is 1.60. The maximum Gasteiger partial charge on any atom is 0.255 e. The van der Waals surface area contributed by atoms with Crippen molar-refractivity contribution in [3.8, 4) is 5.75 Å². The van der Waals surface area contributed by atoms with Gasteiger partial charge in [0.1, 0.15) is 11.3 Å². The highest BCUT2D eigenvalue weighted by atomic mass is 16.5. The predicted octanol–water partition coefficient (Wildman–Crippen LogP) is 2.68. The third-order valence-corrected chi connectivity index (χ3v) is 3.82. The number of rotatable bonds is 6. The Labute approximate surface area is 139 Å². The van der Waals surface area contributed by atoms with Crippen LogP contribution in [0.15, 0.2) is 28.8 Å². The number of fused-ring (bicyclic) bond motifs is 1. The maximum atomic E-state index is 12.3. The molecule has 0 aliphatic rings. The van der Waals surface area contributed by atoms with Gasteiger partial charge in [-0.05, 0) is 25.5 Å². The molecule has 0 saturated carbocycles. The van der Waals surface area contributed by atoms with Crippen LogP contribution >= 0.6 is 0 Å². The Kier molecular flexibility index (Phi) is 4.50. The van der Waals surface area contributed by atoms with Crippen molar-refractivity contribution in [2.24, 2.45) is 0 Å². The Bertz CT molecular complexity index is 866. The van der Waals surface area contributed by atoms with Gasteiger partial charge in [-0.1, -0.05) is 6.92 Å². The van der Waals surface area contributed by atoms with Crippen LogP contribution < -0.4 is 10.1 Å². The van der Waals surface area contributed by atoms with Crippen LogP contribution in [0.5, 0.6) is 5.75 Å². The monoisotopic (exact) mass is 328 g/mol. The van der Waals surface area contributed by atoms with Crippen LogP contribution in [-0.2, 0) is 13.1 Å². The van der Waals surface area contributed by atoms with Crippen molar-refractivity contribution in [3.05, 3.63) is 41.5 Å². The molecular formula is C17H20N4O3. The van der Waals surface area contributed by atoms with Crippen LogP contribution in [0.2, 0.25) is 0 Å². The van der Waals surface area contributed by atoms with Gasteiger partial charge >= 0.3 is 0 Å². The molecule has 3 aromatic rings. The first-order chi connectivity index (χ1) is 11.6. The Morgan fingerprint density at radius 2 is 2.25 bits per heavy atom. The lowest BCUT2D eigenvalue weighted by Gasteiger charge is -2.04. The van der Waals surface area contributed by atoms with E-state index in [9.17, 15) is 4.79 Å². The molecule has 3 rings (SSSR count). The van der Waals surface area contributed by atoms with Crippen LogP contribution in [0.1, 0.15) is 35.3 Å². The van der Waals surface area contributed by atoms with Crippen molar-refractivity contribution in [2.75, 3.05) is 7.11 Å². The van der Waals surface area contributed by atoms with E-state index >= 15 is 0 Å². The minimum atomic E-state index is -0.185. The van der Waals surface area contributed by atoms with Crippen LogP contribution in [-0.4, -0.2) is 27.8 Å². The number of carbonyl (C=O) groups is 1. The van der Waals surface area contributed by atoms with Gasteiger partial charge in [0, 0.05) is 18.3 Å². The number of benzene rings is 1. The molecule has 0 radical (unpaired) electrons. The van der Waals surface area contributed by atoms with Gasteiger partial charge < -0.3 is 14.5 Å². The molecule has 0 aliphatic heterocycles. The predicted molar refractivity (Wildman–Crippen MR) is 89.0 cm³/mol. The van der Waals surface area contributed by atoms with E-state index in [1.165, 1.54) is 0 Å². The minimum absolute atomic E-state index is 0.185. The van der Waals surface area contributed by atoms with E-state index in [1.807, 2.05) is 11.6 Å². The first-order valence-electron chi connectivity index (χ1n) is 7.86. The lowest BCUT2D eigenvalue weighted by molar-refractivity contribution is 0.0946. The van der Waals surface area contributed by atoms with Crippen molar-refractivity contribution < 1.29 is 13.9 Å². The van der Waals surface area contributed by atoms with Crippen molar-refractivity contribution in [1.82, 2.24) is 20.1 Å². The summed E-state index contributed by atoms with van der Waals surface area (Å²) in [5.74, 6) is 0.977. The summed E-state index contributed by atoms with van der Waals surface area (Å²) < 4.78 is 12.6. The van der Waals surface area contributed by atoms with Gasteiger partial charge in [-0.2, -0.15) is 5.10 Å². The number of hydrogen-bond acceptors (Lipinski definition) is 5. The molecule has 0 unspecified atom stereocenters. The number of methoxy groups -OCH3 is 1. The Morgan fingerprint density at radius 1 is 1.42 bits per heavy atom. The lowest BCUT2D eigenvalue weighted by atomic mass is 10.2. The number of amides is 1. The highest BCUT2D eigenvalue weighted by Crippen LogP contribution is 2.21. The summed E-state index contributed by atoms with van der Waals surface area (Å²) in [4.78, 5) is 16.7. The lowest BCUT2D eigenvalue weighted by Crippen LogP contribution is -2.23. The molecular weight excluding hydrogens is 308 g/mol. The SMILES string of the molecule is CCCn1ncc(C(=O)NCc2nc3cc(OC)ccc3o2)c1C. The van der Waals surface area contributed by atoms with Gasteiger partial charge in [-0.3, -0.25) is 9.48 Å². The van der Waals surface area contributed by atoms with Crippen molar-refractivity contribution in [3.63, 3.8) is 0 Å². The summed E-state index contributed by atoms with van der Waals surface area (Å²) in [6.07, 6.45) is 2.56. The fourth-order valence-electron chi connectivity index (χ4n) is 2.52. The molecule has 1 aromatic carbocycles. The highest BCUT2D eigenvalue weighted by Gasteiger charge is 2.15. The molecule has 7 heteroatoms. The van der Waals surface area contributed by atoms with Gasteiger partial charge in [0.25, 0.3) is 5.91 Å². The maximum absolute atomic E-state index is 12.3. The quantitative estimate of drug-likeness (QED) is 0.752. The van der Waals surface area contributed by atoms with Crippen LogP contribution in [0.3, 0.4) is 0 Å². The van der Waals surface area contributed by atoms with Crippen LogP contribution in [0.4, 0.5) is 0 Å². The average Bonchev–Trinajstić information content (AvgIpc) is 3.16. The Morgan fingerprint density at radius 3 is 3.00 bits per heavy atom. The van der Waals surface area contributed by atoms with Gasteiger partial charge in [0.15, 0.2) is 5.58 Å². The van der Waals surface area contributed by atoms with Crippen molar-refractivity contribution >= 4 is 17.0 Å². The smallest absolute Gasteiger partial charge is 0.255 e. The molecule has 0 bridgehead atoms. The van der Waals surface area contributed by atoms with E-state index in [-0.39, 0.29) is 12.5 Å². The molecule has 2 aromatic heterocycles. The number of aryl methyl sites for hydroxylation is 1. The van der Waals surface area contributed by atoms with E-state index < -0.39 is 0 Å².